The Kier molecular flexibility index (Phi) is 4.52. The Hall–Kier alpha value is -1.86. The maximum Gasteiger partial charge on any atom is 0.274 e. The van der Waals surface area contributed by atoms with Crippen LogP contribution in [0, 0.1) is 12.3 Å². The van der Waals surface area contributed by atoms with Gasteiger partial charge in [0, 0.05) is 44.0 Å². The smallest absolute Gasteiger partial charge is 0.274 e. The van der Waals surface area contributed by atoms with E-state index in [4.69, 9.17) is 0 Å². The van der Waals surface area contributed by atoms with Gasteiger partial charge in [-0.3, -0.25) is 14.7 Å². The molecule has 1 spiro atoms. The summed E-state index contributed by atoms with van der Waals surface area (Å²) >= 11 is 1.72. The molecule has 0 radical (unpaired) electrons. The second-order valence-electron chi connectivity index (χ2n) is 7.20. The van der Waals surface area contributed by atoms with Crippen LogP contribution in [-0.2, 0) is 6.54 Å². The van der Waals surface area contributed by atoms with Crippen molar-refractivity contribution in [1.29, 1.82) is 0 Å². The number of nitrogens with zero attached hydrogens (tertiary/aromatic N) is 5. The zero-order valence-electron chi connectivity index (χ0n) is 14.5. The molecule has 0 bridgehead atoms. The summed E-state index contributed by atoms with van der Waals surface area (Å²) in [5.41, 5.74) is 2.00. The topological polar surface area (TPSA) is 62.2 Å². The summed E-state index contributed by atoms with van der Waals surface area (Å²) in [6.07, 6.45) is 8.10. The number of piperidine rings is 1. The normalized spacial score (nSPS) is 20.3. The Morgan fingerprint density at radius 2 is 2.04 bits per heavy atom. The number of thiazole rings is 1. The highest BCUT2D eigenvalue weighted by atomic mass is 32.1. The van der Waals surface area contributed by atoms with Crippen LogP contribution in [0.2, 0.25) is 0 Å². The zero-order valence-corrected chi connectivity index (χ0v) is 15.3. The summed E-state index contributed by atoms with van der Waals surface area (Å²) < 4.78 is 0. The van der Waals surface area contributed by atoms with Crippen molar-refractivity contribution >= 4 is 17.2 Å². The van der Waals surface area contributed by atoms with Crippen molar-refractivity contribution < 1.29 is 4.79 Å². The molecule has 0 aromatic carbocycles. The van der Waals surface area contributed by atoms with Gasteiger partial charge < -0.3 is 4.90 Å². The molecule has 2 fully saturated rings. The van der Waals surface area contributed by atoms with Gasteiger partial charge in [0.25, 0.3) is 5.91 Å². The van der Waals surface area contributed by atoms with Gasteiger partial charge in [0.05, 0.1) is 16.9 Å². The van der Waals surface area contributed by atoms with Gasteiger partial charge in [-0.15, -0.1) is 11.3 Å². The minimum absolute atomic E-state index is 0.00996. The summed E-state index contributed by atoms with van der Waals surface area (Å²) in [6, 6.07) is 0. The lowest BCUT2D eigenvalue weighted by atomic mass is 9.77. The molecule has 4 rings (SSSR count). The highest BCUT2D eigenvalue weighted by Gasteiger charge is 2.41. The number of likely N-dealkylation sites (tertiary alicyclic amines) is 2. The first kappa shape index (κ1) is 16.6. The highest BCUT2D eigenvalue weighted by molar-refractivity contribution is 7.09. The van der Waals surface area contributed by atoms with E-state index in [1.54, 1.807) is 29.9 Å². The van der Waals surface area contributed by atoms with Gasteiger partial charge >= 0.3 is 0 Å². The Morgan fingerprint density at radius 3 is 2.72 bits per heavy atom. The van der Waals surface area contributed by atoms with Gasteiger partial charge in [0.1, 0.15) is 5.69 Å². The molecule has 2 aromatic rings. The number of carbonyl (C=O) groups is 1. The van der Waals surface area contributed by atoms with Gasteiger partial charge in [0.2, 0.25) is 0 Å². The molecule has 0 aliphatic carbocycles. The molecule has 0 N–H and O–H groups in total. The number of amides is 1. The average molecular weight is 357 g/mol. The number of hydrogen-bond donors (Lipinski definition) is 0. The maximum atomic E-state index is 12.5. The number of rotatable bonds is 3. The third-order valence-electron chi connectivity index (χ3n) is 5.46. The van der Waals surface area contributed by atoms with E-state index in [-0.39, 0.29) is 5.91 Å². The van der Waals surface area contributed by atoms with Crippen molar-refractivity contribution in [3.05, 3.63) is 40.4 Å². The first-order valence-electron chi connectivity index (χ1n) is 8.82. The van der Waals surface area contributed by atoms with E-state index in [2.05, 4.69) is 32.2 Å². The van der Waals surface area contributed by atoms with Gasteiger partial charge in [-0.25, -0.2) is 9.97 Å². The van der Waals surface area contributed by atoms with Crippen molar-refractivity contribution in [1.82, 2.24) is 24.8 Å². The van der Waals surface area contributed by atoms with Gasteiger partial charge in [-0.2, -0.15) is 0 Å². The lowest BCUT2D eigenvalue weighted by molar-refractivity contribution is 0.0581. The van der Waals surface area contributed by atoms with Crippen LogP contribution in [0.5, 0.6) is 0 Å². The molecule has 0 atom stereocenters. The van der Waals surface area contributed by atoms with Crippen molar-refractivity contribution in [2.75, 3.05) is 26.2 Å². The van der Waals surface area contributed by atoms with E-state index in [1.165, 1.54) is 12.1 Å². The minimum atomic E-state index is 0.00996. The van der Waals surface area contributed by atoms with Crippen LogP contribution in [0.25, 0.3) is 0 Å². The van der Waals surface area contributed by atoms with Crippen LogP contribution >= 0.6 is 11.3 Å². The molecule has 1 amide bonds. The van der Waals surface area contributed by atoms with Crippen molar-refractivity contribution in [3.63, 3.8) is 0 Å². The fraction of sp³-hybridized carbons (Fsp3) is 0.556. The molecule has 0 unspecified atom stereocenters. The monoisotopic (exact) mass is 357 g/mol. The highest BCUT2D eigenvalue weighted by Crippen LogP contribution is 2.41. The molecule has 0 saturated carbocycles. The first-order chi connectivity index (χ1) is 12.1. The summed E-state index contributed by atoms with van der Waals surface area (Å²) in [5.74, 6) is 0.00996. The Bertz CT molecular complexity index is 739. The number of carbonyl (C=O) groups excluding carboxylic acids is 1. The lowest BCUT2D eigenvalue weighted by Crippen LogP contribution is -2.44. The van der Waals surface area contributed by atoms with Gasteiger partial charge in [-0.1, -0.05) is 0 Å². The van der Waals surface area contributed by atoms with E-state index >= 15 is 0 Å². The largest absolute Gasteiger partial charge is 0.337 e. The van der Waals surface area contributed by atoms with E-state index in [1.807, 2.05) is 4.90 Å². The van der Waals surface area contributed by atoms with Crippen LogP contribution in [-0.4, -0.2) is 56.8 Å². The maximum absolute atomic E-state index is 12.5. The fourth-order valence-electron chi connectivity index (χ4n) is 4.04. The molecular weight excluding hydrogens is 334 g/mol. The SMILES string of the molecule is Cc1nc(CN2CCC3(CCN(C(=O)c4cnccn4)CC3)C2)cs1. The Labute approximate surface area is 151 Å². The summed E-state index contributed by atoms with van der Waals surface area (Å²) in [6.45, 7) is 6.90. The molecule has 7 heteroatoms. The Morgan fingerprint density at radius 1 is 1.24 bits per heavy atom. The third kappa shape index (κ3) is 3.57. The Balaban J connectivity index is 1.33. The molecule has 25 heavy (non-hydrogen) atoms. The second-order valence-corrected chi connectivity index (χ2v) is 8.26. The van der Waals surface area contributed by atoms with Crippen LogP contribution in [0.1, 0.15) is 40.5 Å². The van der Waals surface area contributed by atoms with E-state index in [0.717, 1.165) is 50.6 Å². The summed E-state index contributed by atoms with van der Waals surface area (Å²) in [5, 5.41) is 3.31. The van der Waals surface area contributed by atoms with Crippen molar-refractivity contribution in [3.8, 4) is 0 Å². The predicted molar refractivity (Wildman–Crippen MR) is 96.3 cm³/mol. The standard InChI is InChI=1S/C18H23N5OS/c1-14-21-15(12-25-14)11-22-7-2-18(13-22)3-8-23(9-4-18)17(24)16-10-19-5-6-20-16/h5-6,10,12H,2-4,7-9,11,13H2,1H3. The van der Waals surface area contributed by atoms with Crippen LogP contribution in [0.3, 0.4) is 0 Å². The number of hydrogen-bond acceptors (Lipinski definition) is 6. The van der Waals surface area contributed by atoms with Crippen molar-refractivity contribution in [2.24, 2.45) is 5.41 Å². The third-order valence-corrected chi connectivity index (χ3v) is 6.29. The quantitative estimate of drug-likeness (QED) is 0.844. The molecule has 4 heterocycles. The summed E-state index contributed by atoms with van der Waals surface area (Å²) in [4.78, 5) is 29.7. The lowest BCUT2D eigenvalue weighted by Gasteiger charge is -2.39. The van der Waals surface area contributed by atoms with Gasteiger partial charge in [0.15, 0.2) is 0 Å². The first-order valence-corrected chi connectivity index (χ1v) is 9.70. The van der Waals surface area contributed by atoms with Crippen LogP contribution < -0.4 is 0 Å². The average Bonchev–Trinajstić information content (AvgIpc) is 3.22. The van der Waals surface area contributed by atoms with E-state index < -0.39 is 0 Å². The molecular formula is C18H23N5OS. The molecule has 6 nitrogen and oxygen atoms in total. The molecule has 2 saturated heterocycles. The van der Waals surface area contributed by atoms with Crippen molar-refractivity contribution in [2.45, 2.75) is 32.7 Å². The molecule has 2 aliphatic rings. The van der Waals surface area contributed by atoms with Crippen LogP contribution in [0.4, 0.5) is 0 Å². The second kappa shape index (κ2) is 6.80. The fourth-order valence-corrected chi connectivity index (χ4v) is 4.64. The molecule has 2 aliphatic heterocycles. The minimum Gasteiger partial charge on any atom is -0.337 e. The number of aromatic nitrogens is 3. The molecule has 132 valence electrons. The van der Waals surface area contributed by atoms with Gasteiger partial charge in [-0.05, 0) is 38.1 Å². The van der Waals surface area contributed by atoms with E-state index in [9.17, 15) is 4.79 Å². The molecule has 2 aromatic heterocycles. The van der Waals surface area contributed by atoms with Crippen LogP contribution in [0.15, 0.2) is 24.0 Å². The zero-order chi connectivity index (χ0) is 17.3. The summed E-state index contributed by atoms with van der Waals surface area (Å²) in [7, 11) is 0. The number of aryl methyl sites for hydroxylation is 1. The van der Waals surface area contributed by atoms with E-state index in [0.29, 0.717) is 11.1 Å². The predicted octanol–water partition coefficient (Wildman–Crippen LogP) is 2.37.